The highest BCUT2D eigenvalue weighted by Gasteiger charge is 2.32. The predicted molar refractivity (Wildman–Crippen MR) is 28.2 cm³/mol. The Bertz CT molecular complexity index is 185. The van der Waals surface area contributed by atoms with Crippen molar-refractivity contribution < 1.29 is 23.1 Å². The van der Waals surface area contributed by atoms with E-state index in [-0.39, 0.29) is 6.08 Å². The molecule has 0 rings (SSSR count). The van der Waals surface area contributed by atoms with Crippen LogP contribution in [0.3, 0.4) is 0 Å². The lowest BCUT2D eigenvalue weighted by Crippen LogP contribution is -2.28. The number of carbonyl (C=O) groups excluding carboxylic acids is 1. The maximum absolute atomic E-state index is 11.7. The second kappa shape index (κ2) is 3.27. The lowest BCUT2D eigenvalue weighted by molar-refractivity contribution is -0.297. The van der Waals surface area contributed by atoms with Crippen LogP contribution in [0.4, 0.5) is 13.2 Å². The molecule has 3 nitrogen and oxygen atoms in total. The third-order valence-corrected chi connectivity index (χ3v) is 0.837. The van der Waals surface area contributed by atoms with E-state index in [9.17, 15) is 23.1 Å². The van der Waals surface area contributed by atoms with Crippen molar-refractivity contribution in [1.29, 1.82) is 0 Å². The molecule has 0 aliphatic heterocycles. The zero-order valence-electron chi connectivity index (χ0n) is 5.53. The van der Waals surface area contributed by atoms with Gasteiger partial charge in [0.15, 0.2) is 0 Å². The second-order valence-electron chi connectivity index (χ2n) is 1.62. The number of carbonyl (C=O) groups is 1. The van der Waals surface area contributed by atoms with Gasteiger partial charge in [0.25, 0.3) is 0 Å². The molecule has 0 radical (unpaired) electrons. The summed E-state index contributed by atoms with van der Waals surface area (Å²) in [6.07, 6.45) is -4.71. The summed E-state index contributed by atoms with van der Waals surface area (Å²) in [5, 5.41) is 11.4. The number of hydrogen-bond donors (Lipinski definition) is 1. The number of rotatable bonds is 2. The Hall–Kier alpha value is -1.20. The minimum atomic E-state index is -4.67. The van der Waals surface area contributed by atoms with Gasteiger partial charge in [0.2, 0.25) is 0 Å². The number of aliphatic carboxylic acids is 1. The summed E-state index contributed by atoms with van der Waals surface area (Å²) >= 11 is 0. The van der Waals surface area contributed by atoms with E-state index in [4.69, 9.17) is 0 Å². The number of carboxylic acids is 1. The van der Waals surface area contributed by atoms with Crippen LogP contribution >= 0.6 is 0 Å². The van der Waals surface area contributed by atoms with Crippen LogP contribution in [0.5, 0.6) is 0 Å². The molecule has 0 fully saturated rings. The largest absolute Gasteiger partial charge is 0.545 e. The van der Waals surface area contributed by atoms with Crippen LogP contribution in [-0.4, -0.2) is 19.2 Å². The van der Waals surface area contributed by atoms with Crippen LogP contribution in [0.15, 0.2) is 11.8 Å². The molecule has 0 aliphatic carbocycles. The van der Waals surface area contributed by atoms with Gasteiger partial charge in [0.1, 0.15) is 5.70 Å². The third-order valence-electron chi connectivity index (χ3n) is 0.837. The van der Waals surface area contributed by atoms with Crippen molar-refractivity contribution in [3.8, 4) is 0 Å². The van der Waals surface area contributed by atoms with Gasteiger partial charge >= 0.3 is 6.18 Å². The molecule has 0 aliphatic rings. The predicted octanol–water partition coefficient (Wildman–Crippen LogP) is -0.598. The SMILES string of the molecule is CN/C(=C\C(=O)[O-])C(F)(F)F. The summed E-state index contributed by atoms with van der Waals surface area (Å²) in [6.45, 7) is 0. The maximum atomic E-state index is 11.7. The fourth-order valence-corrected chi connectivity index (χ4v) is 0.414. The molecule has 0 aromatic rings. The molecule has 0 unspecified atom stereocenters. The first-order valence-corrected chi connectivity index (χ1v) is 2.55. The van der Waals surface area contributed by atoms with Crippen molar-refractivity contribution in [3.05, 3.63) is 11.8 Å². The van der Waals surface area contributed by atoms with Gasteiger partial charge in [-0.15, -0.1) is 0 Å². The molecule has 0 saturated carbocycles. The van der Waals surface area contributed by atoms with Crippen LogP contribution in [0.25, 0.3) is 0 Å². The number of nitrogens with one attached hydrogen (secondary N) is 1. The topological polar surface area (TPSA) is 52.2 Å². The molecule has 6 heteroatoms. The van der Waals surface area contributed by atoms with Gasteiger partial charge in [0, 0.05) is 7.05 Å². The van der Waals surface area contributed by atoms with Crippen LogP contribution in [-0.2, 0) is 4.79 Å². The first kappa shape index (κ1) is 9.80. The molecule has 0 aromatic heterocycles. The zero-order chi connectivity index (χ0) is 9.07. The molecular weight excluding hydrogens is 163 g/mol. The summed E-state index contributed by atoms with van der Waals surface area (Å²) in [5.41, 5.74) is -1.34. The van der Waals surface area contributed by atoms with E-state index in [0.717, 1.165) is 7.05 Å². The molecule has 0 amide bonds. The average Bonchev–Trinajstić information content (AvgIpc) is 1.79. The zero-order valence-corrected chi connectivity index (χ0v) is 5.53. The number of halogens is 3. The molecular formula is C5H5F3NO2-. The standard InChI is InChI=1S/C5H6F3NO2/c1-9-3(2-4(10)11)5(6,7)8/h2,9H,1H3,(H,10,11)/p-1/b3-2-. The molecule has 0 bridgehead atoms. The Morgan fingerprint density at radius 3 is 2.09 bits per heavy atom. The molecule has 11 heavy (non-hydrogen) atoms. The number of alkyl halides is 3. The van der Waals surface area contributed by atoms with E-state index < -0.39 is 17.8 Å². The summed E-state index contributed by atoms with van der Waals surface area (Å²) in [7, 11) is 0.974. The number of hydrogen-bond acceptors (Lipinski definition) is 3. The minimum absolute atomic E-state index is 0.0417. The first-order valence-electron chi connectivity index (χ1n) is 2.55. The van der Waals surface area contributed by atoms with E-state index >= 15 is 0 Å². The smallest absolute Gasteiger partial charge is 0.430 e. The van der Waals surface area contributed by atoms with Gasteiger partial charge in [-0.05, 0) is 6.08 Å². The molecule has 64 valence electrons. The summed E-state index contributed by atoms with van der Waals surface area (Å²) in [6, 6.07) is 0. The number of allylic oxidation sites excluding steroid dienone is 1. The Balaban J connectivity index is 4.54. The van der Waals surface area contributed by atoms with Crippen LogP contribution < -0.4 is 10.4 Å². The van der Waals surface area contributed by atoms with Gasteiger partial charge in [-0.25, -0.2) is 0 Å². The molecule has 1 N–H and O–H groups in total. The van der Waals surface area contributed by atoms with Crippen molar-refractivity contribution in [1.82, 2.24) is 5.32 Å². The van der Waals surface area contributed by atoms with Crippen molar-refractivity contribution in [2.75, 3.05) is 7.05 Å². The Labute approximate surface area is 60.5 Å². The monoisotopic (exact) mass is 168 g/mol. The third kappa shape index (κ3) is 3.49. The highest BCUT2D eigenvalue weighted by atomic mass is 19.4. The first-order chi connectivity index (χ1) is 4.88. The molecule has 0 spiro atoms. The Kier molecular flexibility index (Phi) is 2.91. The van der Waals surface area contributed by atoms with E-state index in [2.05, 4.69) is 0 Å². The molecule has 0 heterocycles. The van der Waals surface area contributed by atoms with Gasteiger partial charge in [-0.2, -0.15) is 13.2 Å². The van der Waals surface area contributed by atoms with Gasteiger partial charge in [-0.1, -0.05) is 0 Å². The van der Waals surface area contributed by atoms with Crippen molar-refractivity contribution in [3.63, 3.8) is 0 Å². The van der Waals surface area contributed by atoms with E-state index in [1.807, 2.05) is 0 Å². The molecule has 0 aromatic carbocycles. The lowest BCUT2D eigenvalue weighted by atomic mass is 10.4. The van der Waals surface area contributed by atoms with Crippen LogP contribution in [0, 0.1) is 0 Å². The minimum Gasteiger partial charge on any atom is -0.545 e. The summed E-state index contributed by atoms with van der Waals surface area (Å²) < 4.78 is 35.0. The van der Waals surface area contributed by atoms with E-state index in [0.29, 0.717) is 0 Å². The van der Waals surface area contributed by atoms with Crippen LogP contribution in [0.1, 0.15) is 0 Å². The summed E-state index contributed by atoms with van der Waals surface area (Å²) in [4.78, 5) is 9.69. The second-order valence-corrected chi connectivity index (χ2v) is 1.62. The number of carboxylic acid groups (broad SMARTS) is 1. The van der Waals surface area contributed by atoms with E-state index in [1.54, 1.807) is 5.32 Å². The highest BCUT2D eigenvalue weighted by molar-refractivity contribution is 5.78. The van der Waals surface area contributed by atoms with Crippen molar-refractivity contribution in [2.45, 2.75) is 6.18 Å². The lowest BCUT2D eigenvalue weighted by Gasteiger charge is -2.10. The summed E-state index contributed by atoms with van der Waals surface area (Å²) in [5.74, 6) is -1.88. The van der Waals surface area contributed by atoms with E-state index in [1.165, 1.54) is 0 Å². The van der Waals surface area contributed by atoms with Gasteiger partial charge < -0.3 is 15.2 Å². The van der Waals surface area contributed by atoms with Crippen molar-refractivity contribution in [2.24, 2.45) is 0 Å². The Morgan fingerprint density at radius 2 is 2.00 bits per heavy atom. The Morgan fingerprint density at radius 1 is 1.55 bits per heavy atom. The van der Waals surface area contributed by atoms with Crippen LogP contribution in [0.2, 0.25) is 0 Å². The highest BCUT2D eigenvalue weighted by Crippen LogP contribution is 2.22. The van der Waals surface area contributed by atoms with Crippen molar-refractivity contribution >= 4 is 5.97 Å². The fourth-order valence-electron chi connectivity index (χ4n) is 0.414. The molecule has 0 saturated heterocycles. The average molecular weight is 168 g/mol. The quantitative estimate of drug-likeness (QED) is 0.560. The van der Waals surface area contributed by atoms with Gasteiger partial charge in [0.05, 0.1) is 5.97 Å². The maximum Gasteiger partial charge on any atom is 0.430 e. The molecule has 0 atom stereocenters. The fraction of sp³-hybridized carbons (Fsp3) is 0.400. The van der Waals surface area contributed by atoms with Gasteiger partial charge in [-0.3, -0.25) is 0 Å². The normalized spacial score (nSPS) is 12.9.